The Kier molecular flexibility index (Phi) is 11.7. The molecule has 5 heteroatoms. The Labute approximate surface area is 162 Å². The first-order valence-electron chi connectivity index (χ1n) is 9.85. The number of carboxylic acid groups (broad SMARTS) is 1. The van der Waals surface area contributed by atoms with Crippen LogP contribution in [-0.4, -0.2) is 44.7 Å². The van der Waals surface area contributed by atoms with Crippen molar-refractivity contribution in [2.24, 2.45) is 11.8 Å². The van der Waals surface area contributed by atoms with E-state index in [9.17, 15) is 20.1 Å². The molecule has 0 heterocycles. The maximum absolute atomic E-state index is 10.5. The summed E-state index contributed by atoms with van der Waals surface area (Å²) in [4.78, 5) is 10.5. The van der Waals surface area contributed by atoms with Gasteiger partial charge in [0.25, 0.3) is 0 Å². The smallest absolute Gasteiger partial charge is 0.303 e. The summed E-state index contributed by atoms with van der Waals surface area (Å²) < 4.78 is 0. The van der Waals surface area contributed by atoms with Gasteiger partial charge in [-0.15, -0.1) is 0 Å². The molecule has 27 heavy (non-hydrogen) atoms. The molecule has 5 atom stereocenters. The van der Waals surface area contributed by atoms with E-state index in [0.29, 0.717) is 25.7 Å². The maximum Gasteiger partial charge on any atom is 0.303 e. The molecule has 0 radical (unpaired) electrons. The molecule has 1 fully saturated rings. The van der Waals surface area contributed by atoms with Crippen molar-refractivity contribution >= 4 is 5.97 Å². The lowest BCUT2D eigenvalue weighted by molar-refractivity contribution is -0.136. The Morgan fingerprint density at radius 2 is 1.81 bits per heavy atom. The van der Waals surface area contributed by atoms with Gasteiger partial charge in [0.05, 0.1) is 18.3 Å². The molecule has 0 saturated heterocycles. The van der Waals surface area contributed by atoms with Gasteiger partial charge in [0.2, 0.25) is 0 Å². The standard InChI is InChI=1S/C22H34O5/c1-2-3-4-5-6-8-11-17(23)14-15-19-18(20(24)16-21(19)25)12-9-7-10-13-22(26)27/h3-4,6-9,14-15,17-21,23-25H,2,5,10-13,16H2,1H3,(H,26,27)/b4-3-,8-6-,9-7-,15-14+/t17-,18+,19-,20+,21-/m0/s1. The molecule has 1 aliphatic rings. The minimum absolute atomic E-state index is 0.0869. The molecule has 0 amide bonds. The lowest BCUT2D eigenvalue weighted by Gasteiger charge is -2.19. The van der Waals surface area contributed by atoms with E-state index in [2.05, 4.69) is 19.1 Å². The Balaban J connectivity index is 2.49. The summed E-state index contributed by atoms with van der Waals surface area (Å²) >= 11 is 0. The molecule has 0 aromatic heterocycles. The first-order valence-corrected chi connectivity index (χ1v) is 9.85. The van der Waals surface area contributed by atoms with Crippen molar-refractivity contribution in [3.63, 3.8) is 0 Å². The summed E-state index contributed by atoms with van der Waals surface area (Å²) in [5, 5.41) is 39.1. The highest BCUT2D eigenvalue weighted by molar-refractivity contribution is 5.66. The molecule has 0 spiro atoms. The van der Waals surface area contributed by atoms with Crippen molar-refractivity contribution in [1.29, 1.82) is 0 Å². The van der Waals surface area contributed by atoms with Crippen molar-refractivity contribution in [2.45, 2.75) is 70.2 Å². The number of hydrogen-bond donors (Lipinski definition) is 4. The quantitative estimate of drug-likeness (QED) is 0.390. The maximum atomic E-state index is 10.5. The second-order valence-corrected chi connectivity index (χ2v) is 7.03. The second kappa shape index (κ2) is 13.5. The van der Waals surface area contributed by atoms with Crippen LogP contribution in [-0.2, 0) is 4.79 Å². The summed E-state index contributed by atoms with van der Waals surface area (Å²) in [6.07, 6.45) is 17.3. The highest BCUT2D eigenvalue weighted by Gasteiger charge is 2.39. The van der Waals surface area contributed by atoms with Crippen molar-refractivity contribution < 1.29 is 25.2 Å². The third-order valence-corrected chi connectivity index (χ3v) is 4.79. The fourth-order valence-electron chi connectivity index (χ4n) is 3.29. The van der Waals surface area contributed by atoms with E-state index in [1.807, 2.05) is 24.3 Å². The molecule has 0 aromatic rings. The third kappa shape index (κ3) is 9.70. The average molecular weight is 379 g/mol. The lowest BCUT2D eigenvalue weighted by atomic mass is 9.89. The van der Waals surface area contributed by atoms with E-state index >= 15 is 0 Å². The number of carboxylic acids is 1. The summed E-state index contributed by atoms with van der Waals surface area (Å²) in [6.45, 7) is 2.09. The number of hydrogen-bond acceptors (Lipinski definition) is 4. The van der Waals surface area contributed by atoms with E-state index in [-0.39, 0.29) is 18.3 Å². The molecule has 1 saturated carbocycles. The molecular formula is C22H34O5. The van der Waals surface area contributed by atoms with E-state index in [4.69, 9.17) is 5.11 Å². The molecule has 0 bridgehead atoms. The van der Waals surface area contributed by atoms with Gasteiger partial charge < -0.3 is 20.4 Å². The number of aliphatic hydroxyl groups is 3. The molecule has 1 aliphatic carbocycles. The number of aliphatic carboxylic acids is 1. The molecule has 0 aliphatic heterocycles. The summed E-state index contributed by atoms with van der Waals surface area (Å²) in [5.74, 6) is -1.17. The lowest BCUT2D eigenvalue weighted by Crippen LogP contribution is -2.20. The topological polar surface area (TPSA) is 98.0 Å². The third-order valence-electron chi connectivity index (χ3n) is 4.79. The summed E-state index contributed by atoms with van der Waals surface area (Å²) in [5.41, 5.74) is 0. The van der Waals surface area contributed by atoms with Gasteiger partial charge in [-0.3, -0.25) is 4.79 Å². The minimum atomic E-state index is -0.832. The van der Waals surface area contributed by atoms with Gasteiger partial charge in [-0.25, -0.2) is 0 Å². The first kappa shape index (κ1) is 23.3. The highest BCUT2D eigenvalue weighted by atomic mass is 16.4. The van der Waals surface area contributed by atoms with Crippen LogP contribution in [0.3, 0.4) is 0 Å². The number of carbonyl (C=O) groups is 1. The Morgan fingerprint density at radius 3 is 2.52 bits per heavy atom. The van der Waals surface area contributed by atoms with Gasteiger partial charge in [0.15, 0.2) is 0 Å². The van der Waals surface area contributed by atoms with Crippen LogP contribution in [0.1, 0.15) is 51.9 Å². The van der Waals surface area contributed by atoms with Crippen molar-refractivity contribution in [3.8, 4) is 0 Å². The predicted molar refractivity (Wildman–Crippen MR) is 107 cm³/mol. The molecule has 1 rings (SSSR count). The normalized spacial score (nSPS) is 27.6. The van der Waals surface area contributed by atoms with E-state index in [1.54, 1.807) is 12.2 Å². The van der Waals surface area contributed by atoms with Gasteiger partial charge in [-0.2, -0.15) is 0 Å². The van der Waals surface area contributed by atoms with Crippen LogP contribution in [0, 0.1) is 11.8 Å². The van der Waals surface area contributed by atoms with Crippen LogP contribution in [0.5, 0.6) is 0 Å². The fourth-order valence-corrected chi connectivity index (χ4v) is 3.29. The monoisotopic (exact) mass is 378 g/mol. The fraction of sp³-hybridized carbons (Fsp3) is 0.591. The first-order chi connectivity index (χ1) is 13.0. The van der Waals surface area contributed by atoms with Crippen LogP contribution in [0.4, 0.5) is 0 Å². The number of rotatable bonds is 12. The second-order valence-electron chi connectivity index (χ2n) is 7.03. The van der Waals surface area contributed by atoms with Gasteiger partial charge >= 0.3 is 5.97 Å². The molecule has 5 nitrogen and oxygen atoms in total. The summed E-state index contributed by atoms with van der Waals surface area (Å²) in [7, 11) is 0. The van der Waals surface area contributed by atoms with Crippen LogP contribution in [0.25, 0.3) is 0 Å². The van der Waals surface area contributed by atoms with Gasteiger partial charge in [-0.05, 0) is 38.0 Å². The van der Waals surface area contributed by atoms with Crippen molar-refractivity contribution in [3.05, 3.63) is 48.6 Å². The zero-order chi connectivity index (χ0) is 20.1. The zero-order valence-electron chi connectivity index (χ0n) is 16.2. The number of allylic oxidation sites excluding steroid dienone is 5. The van der Waals surface area contributed by atoms with Gasteiger partial charge in [0.1, 0.15) is 0 Å². The van der Waals surface area contributed by atoms with Crippen LogP contribution < -0.4 is 0 Å². The zero-order valence-corrected chi connectivity index (χ0v) is 16.2. The molecule has 0 unspecified atom stereocenters. The highest BCUT2D eigenvalue weighted by Crippen LogP contribution is 2.36. The predicted octanol–water partition coefficient (Wildman–Crippen LogP) is 3.38. The minimum Gasteiger partial charge on any atom is -0.481 e. The van der Waals surface area contributed by atoms with Crippen LogP contribution in [0.15, 0.2) is 48.6 Å². The average Bonchev–Trinajstić information content (AvgIpc) is 2.88. The van der Waals surface area contributed by atoms with Crippen LogP contribution in [0.2, 0.25) is 0 Å². The Morgan fingerprint density at radius 1 is 1.07 bits per heavy atom. The Hall–Kier alpha value is -1.69. The Bertz CT molecular complexity index is 535. The van der Waals surface area contributed by atoms with E-state index in [1.165, 1.54) is 0 Å². The van der Waals surface area contributed by atoms with Crippen molar-refractivity contribution in [1.82, 2.24) is 0 Å². The van der Waals surface area contributed by atoms with Crippen molar-refractivity contribution in [2.75, 3.05) is 0 Å². The molecular weight excluding hydrogens is 344 g/mol. The molecule has 0 aromatic carbocycles. The SMILES string of the molecule is CC/C=C\C/C=C\C[C@H](O)/C=C/[C@H]1[C@@H](C/C=C\CCC(=O)O)[C@H](O)C[C@@H]1O. The van der Waals surface area contributed by atoms with Crippen LogP contribution >= 0.6 is 0 Å². The van der Waals surface area contributed by atoms with Gasteiger partial charge in [-0.1, -0.05) is 55.5 Å². The summed E-state index contributed by atoms with van der Waals surface area (Å²) in [6, 6.07) is 0. The molecule has 4 N–H and O–H groups in total. The molecule has 152 valence electrons. The number of aliphatic hydroxyl groups excluding tert-OH is 3. The van der Waals surface area contributed by atoms with Gasteiger partial charge in [0, 0.05) is 18.8 Å². The van der Waals surface area contributed by atoms with E-state index in [0.717, 1.165) is 12.8 Å². The largest absolute Gasteiger partial charge is 0.481 e. The van der Waals surface area contributed by atoms with E-state index < -0.39 is 24.3 Å².